The predicted molar refractivity (Wildman–Crippen MR) is 74.1 cm³/mol. The lowest BCUT2D eigenvalue weighted by Crippen LogP contribution is -2.44. The minimum Gasteiger partial charge on any atom is -0.342 e. The Kier molecular flexibility index (Phi) is 4.66. The van der Waals surface area contributed by atoms with Crippen molar-refractivity contribution in [3.05, 3.63) is 0 Å². The normalized spacial score (nSPS) is 36.6. The molecule has 0 saturated heterocycles. The molecule has 0 aromatic rings. The molecule has 2 aliphatic rings. The molecule has 0 radical (unpaired) electrons. The van der Waals surface area contributed by atoms with Crippen molar-refractivity contribution >= 4 is 5.91 Å². The zero-order chi connectivity index (χ0) is 13.1. The van der Waals surface area contributed by atoms with Gasteiger partial charge in [0.15, 0.2) is 0 Å². The highest BCUT2D eigenvalue weighted by atomic mass is 16.2. The van der Waals surface area contributed by atoms with E-state index >= 15 is 0 Å². The number of hydrogen-bond donors (Lipinski definition) is 1. The van der Waals surface area contributed by atoms with Crippen molar-refractivity contribution in [3.63, 3.8) is 0 Å². The molecular formula is C15H28N2O. The standard InChI is InChI=1S/C15H28N2O/c1-11-6-8-12(9-7-11)15(18)17(2)14-5-3-4-13(14)10-16/h11-14H,3-10,16H2,1-2H3. The Balaban J connectivity index is 1.91. The minimum absolute atomic E-state index is 0.283. The molecule has 0 aromatic heterocycles. The quantitative estimate of drug-likeness (QED) is 0.838. The second-order valence-electron chi connectivity index (χ2n) is 6.40. The van der Waals surface area contributed by atoms with Gasteiger partial charge < -0.3 is 10.6 Å². The Bertz CT molecular complexity index is 284. The van der Waals surface area contributed by atoms with Crippen LogP contribution in [0.25, 0.3) is 0 Å². The van der Waals surface area contributed by atoms with E-state index in [9.17, 15) is 4.79 Å². The Morgan fingerprint density at radius 2 is 1.83 bits per heavy atom. The molecule has 18 heavy (non-hydrogen) atoms. The topological polar surface area (TPSA) is 46.3 Å². The van der Waals surface area contributed by atoms with Crippen molar-refractivity contribution in [1.82, 2.24) is 4.90 Å². The smallest absolute Gasteiger partial charge is 0.225 e. The van der Waals surface area contributed by atoms with E-state index in [0.29, 0.717) is 17.9 Å². The molecule has 0 heterocycles. The first-order valence-electron chi connectivity index (χ1n) is 7.60. The Morgan fingerprint density at radius 1 is 1.17 bits per heavy atom. The van der Waals surface area contributed by atoms with Crippen LogP contribution >= 0.6 is 0 Å². The van der Waals surface area contributed by atoms with E-state index in [1.807, 2.05) is 11.9 Å². The summed E-state index contributed by atoms with van der Waals surface area (Å²) in [6, 6.07) is 0.404. The highest BCUT2D eigenvalue weighted by molar-refractivity contribution is 5.79. The van der Waals surface area contributed by atoms with E-state index in [1.54, 1.807) is 0 Å². The third-order valence-electron chi connectivity index (χ3n) is 5.13. The van der Waals surface area contributed by atoms with Crippen LogP contribution in [0.15, 0.2) is 0 Å². The molecule has 0 aliphatic heterocycles. The first-order chi connectivity index (χ1) is 8.63. The van der Waals surface area contributed by atoms with Crippen molar-refractivity contribution in [1.29, 1.82) is 0 Å². The molecule has 2 saturated carbocycles. The number of amides is 1. The number of carbonyl (C=O) groups excluding carboxylic acids is 1. The monoisotopic (exact) mass is 252 g/mol. The van der Waals surface area contributed by atoms with Crippen LogP contribution < -0.4 is 5.73 Å². The molecule has 2 aliphatic carbocycles. The molecular weight excluding hydrogens is 224 g/mol. The van der Waals surface area contributed by atoms with Gasteiger partial charge in [0.2, 0.25) is 5.91 Å². The second kappa shape index (κ2) is 6.05. The Hall–Kier alpha value is -0.570. The first-order valence-corrected chi connectivity index (χ1v) is 7.60. The van der Waals surface area contributed by atoms with E-state index in [4.69, 9.17) is 5.73 Å². The first kappa shape index (κ1) is 13.9. The molecule has 0 aromatic carbocycles. The lowest BCUT2D eigenvalue weighted by Gasteiger charge is -2.34. The zero-order valence-corrected chi connectivity index (χ0v) is 11.9. The van der Waals surface area contributed by atoms with E-state index in [2.05, 4.69) is 6.92 Å². The van der Waals surface area contributed by atoms with E-state index < -0.39 is 0 Å². The number of nitrogens with two attached hydrogens (primary N) is 1. The summed E-state index contributed by atoms with van der Waals surface area (Å²) in [5.74, 6) is 2.00. The average molecular weight is 252 g/mol. The number of carbonyl (C=O) groups is 1. The third-order valence-corrected chi connectivity index (χ3v) is 5.13. The van der Waals surface area contributed by atoms with Gasteiger partial charge in [-0.25, -0.2) is 0 Å². The summed E-state index contributed by atoms with van der Waals surface area (Å²) in [5, 5.41) is 0. The Labute approximate surface area is 111 Å². The van der Waals surface area contributed by atoms with Crippen molar-refractivity contribution in [2.24, 2.45) is 23.5 Å². The largest absolute Gasteiger partial charge is 0.342 e. The fourth-order valence-electron chi connectivity index (χ4n) is 3.76. The highest BCUT2D eigenvalue weighted by Gasteiger charge is 2.35. The number of nitrogens with zero attached hydrogens (tertiary/aromatic N) is 1. The van der Waals surface area contributed by atoms with Gasteiger partial charge in [-0.15, -0.1) is 0 Å². The van der Waals surface area contributed by atoms with Crippen LogP contribution in [0.1, 0.15) is 51.9 Å². The molecule has 1 amide bonds. The summed E-state index contributed by atoms with van der Waals surface area (Å²) in [6.45, 7) is 3.02. The summed E-state index contributed by atoms with van der Waals surface area (Å²) < 4.78 is 0. The van der Waals surface area contributed by atoms with Gasteiger partial charge in [0, 0.05) is 19.0 Å². The van der Waals surface area contributed by atoms with Crippen LogP contribution in [-0.4, -0.2) is 30.4 Å². The summed E-state index contributed by atoms with van der Waals surface area (Å²) in [7, 11) is 2.00. The van der Waals surface area contributed by atoms with Gasteiger partial charge in [-0.3, -0.25) is 4.79 Å². The predicted octanol–water partition coefficient (Wildman–Crippen LogP) is 2.40. The maximum absolute atomic E-state index is 12.5. The summed E-state index contributed by atoms with van der Waals surface area (Å²) in [5.41, 5.74) is 5.82. The molecule has 104 valence electrons. The average Bonchev–Trinajstić information content (AvgIpc) is 2.86. The second-order valence-corrected chi connectivity index (χ2v) is 6.40. The lowest BCUT2D eigenvalue weighted by atomic mass is 9.82. The van der Waals surface area contributed by atoms with Crippen LogP contribution in [0.2, 0.25) is 0 Å². The number of hydrogen-bond acceptors (Lipinski definition) is 2. The minimum atomic E-state index is 0.283. The highest BCUT2D eigenvalue weighted by Crippen LogP contribution is 2.33. The maximum Gasteiger partial charge on any atom is 0.225 e. The van der Waals surface area contributed by atoms with E-state index in [-0.39, 0.29) is 5.92 Å². The molecule has 3 nitrogen and oxygen atoms in total. The van der Waals surface area contributed by atoms with Crippen molar-refractivity contribution in [3.8, 4) is 0 Å². The van der Waals surface area contributed by atoms with Crippen LogP contribution in [0.5, 0.6) is 0 Å². The van der Waals surface area contributed by atoms with Gasteiger partial charge in [-0.2, -0.15) is 0 Å². The van der Waals surface area contributed by atoms with Gasteiger partial charge >= 0.3 is 0 Å². The van der Waals surface area contributed by atoms with Gasteiger partial charge in [-0.05, 0) is 56.9 Å². The van der Waals surface area contributed by atoms with Gasteiger partial charge in [0.05, 0.1) is 0 Å². The van der Waals surface area contributed by atoms with Crippen LogP contribution in [0, 0.1) is 17.8 Å². The molecule has 2 fully saturated rings. The van der Waals surface area contributed by atoms with Crippen molar-refractivity contribution in [2.75, 3.05) is 13.6 Å². The Morgan fingerprint density at radius 3 is 2.44 bits per heavy atom. The number of rotatable bonds is 3. The lowest BCUT2D eigenvalue weighted by molar-refractivity contribution is -0.138. The molecule has 3 heteroatoms. The third kappa shape index (κ3) is 2.87. The van der Waals surface area contributed by atoms with Crippen LogP contribution in [-0.2, 0) is 4.79 Å². The molecule has 0 bridgehead atoms. The van der Waals surface area contributed by atoms with Gasteiger partial charge in [0.25, 0.3) is 0 Å². The molecule has 2 atom stereocenters. The molecule has 2 N–H and O–H groups in total. The summed E-state index contributed by atoms with van der Waals surface area (Å²) in [4.78, 5) is 14.6. The van der Waals surface area contributed by atoms with E-state index in [0.717, 1.165) is 31.7 Å². The maximum atomic E-state index is 12.5. The molecule has 0 spiro atoms. The SMILES string of the molecule is CC1CCC(C(=O)N(C)C2CCCC2CN)CC1. The van der Waals surface area contributed by atoms with Crippen molar-refractivity contribution < 1.29 is 4.79 Å². The fourth-order valence-corrected chi connectivity index (χ4v) is 3.76. The summed E-state index contributed by atoms with van der Waals surface area (Å²) in [6.07, 6.45) is 8.18. The van der Waals surface area contributed by atoms with Crippen molar-refractivity contribution in [2.45, 2.75) is 57.9 Å². The fraction of sp³-hybridized carbons (Fsp3) is 0.933. The van der Waals surface area contributed by atoms with Gasteiger partial charge in [-0.1, -0.05) is 13.3 Å². The zero-order valence-electron chi connectivity index (χ0n) is 11.9. The molecule has 2 rings (SSSR count). The molecule has 2 unspecified atom stereocenters. The van der Waals surface area contributed by atoms with Gasteiger partial charge in [0.1, 0.15) is 0 Å². The van der Waals surface area contributed by atoms with Crippen LogP contribution in [0.4, 0.5) is 0 Å². The van der Waals surface area contributed by atoms with E-state index in [1.165, 1.54) is 25.7 Å². The van der Waals surface area contributed by atoms with Crippen LogP contribution in [0.3, 0.4) is 0 Å². The summed E-state index contributed by atoms with van der Waals surface area (Å²) >= 11 is 0.